The number of anilines is 1. The number of aromatic nitrogens is 3. The van der Waals surface area contributed by atoms with Crippen molar-refractivity contribution in [2.75, 3.05) is 44.3 Å². The molecule has 3 fully saturated rings. The summed E-state index contributed by atoms with van der Waals surface area (Å²) >= 11 is 0. The van der Waals surface area contributed by atoms with Crippen molar-refractivity contribution in [1.82, 2.24) is 19.7 Å². The van der Waals surface area contributed by atoms with Crippen LogP contribution in [0.1, 0.15) is 63.1 Å². The lowest BCUT2D eigenvalue weighted by atomic mass is 9.96. The van der Waals surface area contributed by atoms with Crippen molar-refractivity contribution in [2.45, 2.75) is 63.8 Å². The molecule has 4 rings (SSSR count). The Morgan fingerprint density at radius 2 is 1.77 bits per heavy atom. The third kappa shape index (κ3) is 4.77. The van der Waals surface area contributed by atoms with Crippen LogP contribution in [-0.4, -0.2) is 70.9 Å². The van der Waals surface area contributed by atoms with Gasteiger partial charge in [-0.3, -0.25) is 14.2 Å². The summed E-state index contributed by atoms with van der Waals surface area (Å²) in [4.78, 5) is 28.5. The van der Waals surface area contributed by atoms with Gasteiger partial charge < -0.3 is 20.3 Å². The summed E-state index contributed by atoms with van der Waals surface area (Å²) in [5, 5.41) is 9.05. The highest BCUT2D eigenvalue weighted by molar-refractivity contribution is 5.77. The van der Waals surface area contributed by atoms with Gasteiger partial charge in [0.1, 0.15) is 5.82 Å². The van der Waals surface area contributed by atoms with Crippen LogP contribution in [0.25, 0.3) is 0 Å². The SMILES string of the molecule is NC(=O)C1CCN(c2nnc(C3CCCOC3)n2CCC(=O)N2CCCCC2)CC1. The molecular weight excluding hydrogens is 384 g/mol. The Labute approximate surface area is 177 Å². The first-order chi connectivity index (χ1) is 14.6. The zero-order valence-corrected chi connectivity index (χ0v) is 17.8. The van der Waals surface area contributed by atoms with Crippen LogP contribution in [0.2, 0.25) is 0 Å². The van der Waals surface area contributed by atoms with Gasteiger partial charge in [0.25, 0.3) is 0 Å². The summed E-state index contributed by atoms with van der Waals surface area (Å²) in [7, 11) is 0. The molecule has 9 heteroatoms. The van der Waals surface area contributed by atoms with Gasteiger partial charge in [-0.25, -0.2) is 0 Å². The number of likely N-dealkylation sites (tertiary alicyclic amines) is 1. The highest BCUT2D eigenvalue weighted by Gasteiger charge is 2.30. The quantitative estimate of drug-likeness (QED) is 0.746. The fraction of sp³-hybridized carbons (Fsp3) is 0.810. The molecule has 166 valence electrons. The fourth-order valence-corrected chi connectivity index (χ4v) is 4.87. The van der Waals surface area contributed by atoms with E-state index in [2.05, 4.69) is 19.7 Å². The van der Waals surface area contributed by atoms with Gasteiger partial charge in [-0.1, -0.05) is 0 Å². The molecule has 1 aromatic heterocycles. The average molecular weight is 419 g/mol. The van der Waals surface area contributed by atoms with E-state index in [1.165, 1.54) is 6.42 Å². The molecule has 1 aromatic rings. The van der Waals surface area contributed by atoms with Crippen LogP contribution < -0.4 is 10.6 Å². The van der Waals surface area contributed by atoms with Crippen LogP contribution in [0, 0.1) is 5.92 Å². The highest BCUT2D eigenvalue weighted by Crippen LogP contribution is 2.29. The van der Waals surface area contributed by atoms with Gasteiger partial charge in [0.15, 0.2) is 0 Å². The lowest BCUT2D eigenvalue weighted by Gasteiger charge is -2.32. The minimum Gasteiger partial charge on any atom is -0.381 e. The molecule has 2 amide bonds. The van der Waals surface area contributed by atoms with Crippen molar-refractivity contribution in [3.63, 3.8) is 0 Å². The van der Waals surface area contributed by atoms with E-state index in [1.54, 1.807) is 0 Å². The van der Waals surface area contributed by atoms with Crippen molar-refractivity contribution in [2.24, 2.45) is 11.7 Å². The van der Waals surface area contributed by atoms with E-state index in [0.29, 0.717) is 19.6 Å². The Morgan fingerprint density at radius 1 is 1.00 bits per heavy atom. The molecule has 1 atom stereocenters. The summed E-state index contributed by atoms with van der Waals surface area (Å²) in [6.45, 7) is 5.24. The van der Waals surface area contributed by atoms with E-state index in [0.717, 1.165) is 83.1 Å². The van der Waals surface area contributed by atoms with E-state index in [4.69, 9.17) is 10.5 Å². The maximum atomic E-state index is 12.8. The van der Waals surface area contributed by atoms with Crippen molar-refractivity contribution in [3.05, 3.63) is 5.82 Å². The smallest absolute Gasteiger partial charge is 0.227 e. The van der Waals surface area contributed by atoms with E-state index in [9.17, 15) is 9.59 Å². The van der Waals surface area contributed by atoms with Crippen LogP contribution in [0.4, 0.5) is 5.95 Å². The number of piperidine rings is 2. The largest absolute Gasteiger partial charge is 0.381 e. The first-order valence-electron chi connectivity index (χ1n) is 11.5. The molecule has 9 nitrogen and oxygen atoms in total. The number of hydrogen-bond donors (Lipinski definition) is 1. The molecule has 0 saturated carbocycles. The predicted octanol–water partition coefficient (Wildman–Crippen LogP) is 1.28. The number of nitrogens with zero attached hydrogens (tertiary/aromatic N) is 5. The first kappa shape index (κ1) is 21.1. The van der Waals surface area contributed by atoms with Crippen LogP contribution in [0.3, 0.4) is 0 Å². The number of amides is 2. The number of rotatable bonds is 6. The number of primary amides is 1. The molecule has 0 aromatic carbocycles. The maximum Gasteiger partial charge on any atom is 0.227 e. The van der Waals surface area contributed by atoms with Crippen LogP contribution >= 0.6 is 0 Å². The lowest BCUT2D eigenvalue weighted by Crippen LogP contribution is -2.40. The normalized spacial score (nSPS) is 23.5. The van der Waals surface area contributed by atoms with Crippen LogP contribution in [0.5, 0.6) is 0 Å². The minimum absolute atomic E-state index is 0.0653. The molecule has 3 saturated heterocycles. The second-order valence-corrected chi connectivity index (χ2v) is 8.78. The third-order valence-electron chi connectivity index (χ3n) is 6.72. The van der Waals surface area contributed by atoms with Gasteiger partial charge in [-0.05, 0) is 44.9 Å². The second-order valence-electron chi connectivity index (χ2n) is 8.78. The molecule has 30 heavy (non-hydrogen) atoms. The molecule has 3 aliphatic rings. The van der Waals surface area contributed by atoms with Crippen molar-refractivity contribution in [3.8, 4) is 0 Å². The van der Waals surface area contributed by atoms with Crippen molar-refractivity contribution >= 4 is 17.8 Å². The summed E-state index contributed by atoms with van der Waals surface area (Å²) in [6, 6.07) is 0. The monoisotopic (exact) mass is 418 g/mol. The second kappa shape index (κ2) is 9.76. The molecule has 0 spiro atoms. The number of nitrogens with two attached hydrogens (primary N) is 1. The number of hydrogen-bond acceptors (Lipinski definition) is 6. The molecule has 0 radical (unpaired) electrons. The van der Waals surface area contributed by atoms with Gasteiger partial charge in [0.05, 0.1) is 6.61 Å². The van der Waals surface area contributed by atoms with Gasteiger partial charge in [0.2, 0.25) is 17.8 Å². The summed E-state index contributed by atoms with van der Waals surface area (Å²) in [5.41, 5.74) is 5.49. The van der Waals surface area contributed by atoms with Crippen LogP contribution in [0.15, 0.2) is 0 Å². The number of carbonyl (C=O) groups excluding carboxylic acids is 2. The maximum absolute atomic E-state index is 12.8. The number of ether oxygens (including phenoxy) is 1. The molecule has 1 unspecified atom stereocenters. The van der Waals surface area contributed by atoms with Gasteiger partial charge in [-0.2, -0.15) is 0 Å². The zero-order valence-electron chi connectivity index (χ0n) is 17.8. The van der Waals surface area contributed by atoms with E-state index in [1.807, 2.05) is 4.90 Å². The highest BCUT2D eigenvalue weighted by atomic mass is 16.5. The first-order valence-corrected chi connectivity index (χ1v) is 11.5. The predicted molar refractivity (Wildman–Crippen MR) is 112 cm³/mol. The van der Waals surface area contributed by atoms with Crippen LogP contribution in [-0.2, 0) is 20.9 Å². The fourth-order valence-electron chi connectivity index (χ4n) is 4.87. The summed E-state index contributed by atoms with van der Waals surface area (Å²) in [5.74, 6) is 1.88. The Kier molecular flexibility index (Phi) is 6.86. The average Bonchev–Trinajstić information content (AvgIpc) is 3.22. The van der Waals surface area contributed by atoms with E-state index in [-0.39, 0.29) is 23.7 Å². The lowest BCUT2D eigenvalue weighted by molar-refractivity contribution is -0.132. The topological polar surface area (TPSA) is 107 Å². The minimum atomic E-state index is -0.219. The van der Waals surface area contributed by atoms with Crippen molar-refractivity contribution in [1.29, 1.82) is 0 Å². The summed E-state index contributed by atoms with van der Waals surface area (Å²) in [6.07, 6.45) is 7.39. The standard InChI is InChI=1S/C21H34N6O3/c22-19(29)16-6-11-26(12-7-16)21-24-23-20(17-5-4-14-30-15-17)27(21)13-8-18(28)25-9-2-1-3-10-25/h16-17H,1-15H2,(H2,22,29). The molecular formula is C21H34N6O3. The zero-order chi connectivity index (χ0) is 20.9. The van der Waals surface area contributed by atoms with Crippen molar-refractivity contribution < 1.29 is 14.3 Å². The Bertz CT molecular complexity index is 731. The molecule has 4 heterocycles. The third-order valence-corrected chi connectivity index (χ3v) is 6.72. The molecule has 0 aliphatic carbocycles. The number of carbonyl (C=O) groups is 2. The van der Waals surface area contributed by atoms with E-state index < -0.39 is 0 Å². The van der Waals surface area contributed by atoms with Gasteiger partial charge >= 0.3 is 0 Å². The van der Waals surface area contributed by atoms with Gasteiger partial charge in [0, 0.05) is 57.6 Å². The van der Waals surface area contributed by atoms with Gasteiger partial charge in [-0.15, -0.1) is 10.2 Å². The molecule has 0 bridgehead atoms. The molecule has 2 N–H and O–H groups in total. The molecule has 3 aliphatic heterocycles. The van der Waals surface area contributed by atoms with E-state index >= 15 is 0 Å². The Morgan fingerprint density at radius 3 is 2.43 bits per heavy atom. The summed E-state index contributed by atoms with van der Waals surface area (Å²) < 4.78 is 7.82. The Hall–Kier alpha value is -2.16. The Balaban J connectivity index is 1.49.